The first-order chi connectivity index (χ1) is 7.22. The Kier molecular flexibility index (Phi) is 3.05. The average Bonchev–Trinajstić information content (AvgIpc) is 2.85. The highest BCUT2D eigenvalue weighted by molar-refractivity contribution is 7.13. The molecule has 0 radical (unpaired) electrons. The van der Waals surface area contributed by atoms with Crippen molar-refractivity contribution in [1.82, 2.24) is 4.98 Å². The molecule has 1 aromatic heterocycles. The molecule has 1 aromatic rings. The molecule has 82 valence electrons. The molecule has 2 rings (SSSR count). The monoisotopic (exact) mass is 224 g/mol. The number of nitrogens with zero attached hydrogens (tertiary/aromatic N) is 2. The average molecular weight is 224 g/mol. The highest BCUT2D eigenvalue weighted by Gasteiger charge is 2.25. The minimum absolute atomic E-state index is 0.0599. The Bertz CT molecular complexity index is 361. The molecule has 1 saturated heterocycles. The molecule has 2 heterocycles. The smallest absolute Gasteiger partial charge is 0.186 e. The Balaban J connectivity index is 2.18. The van der Waals surface area contributed by atoms with Crippen LogP contribution in [0.4, 0.5) is 5.13 Å². The third-order valence-electron chi connectivity index (χ3n) is 2.95. The number of anilines is 1. The number of carbonyl (C=O) groups is 1. The Morgan fingerprint density at radius 3 is 3.13 bits per heavy atom. The number of ketones is 1. The highest BCUT2D eigenvalue weighted by atomic mass is 32.1. The Hall–Kier alpha value is -0.900. The van der Waals surface area contributed by atoms with Gasteiger partial charge in [-0.05, 0) is 19.3 Å². The summed E-state index contributed by atoms with van der Waals surface area (Å²) >= 11 is 1.59. The summed E-state index contributed by atoms with van der Waals surface area (Å²) < 4.78 is 0. The molecular weight excluding hydrogens is 208 g/mol. The van der Waals surface area contributed by atoms with Crippen LogP contribution < -0.4 is 4.90 Å². The standard InChI is InChI=1S/C11H16N2OS/c1-3-9-5-4-6-13(9)11-12-10(7-15-11)8(2)14/h7,9H,3-6H2,1-2H3. The molecule has 0 spiro atoms. The molecule has 0 N–H and O–H groups in total. The van der Waals surface area contributed by atoms with Gasteiger partial charge in [-0.15, -0.1) is 11.3 Å². The molecule has 3 nitrogen and oxygen atoms in total. The lowest BCUT2D eigenvalue weighted by Crippen LogP contribution is -2.28. The van der Waals surface area contributed by atoms with Crippen molar-refractivity contribution in [3.8, 4) is 0 Å². The van der Waals surface area contributed by atoms with Crippen molar-refractivity contribution in [2.24, 2.45) is 0 Å². The summed E-state index contributed by atoms with van der Waals surface area (Å²) in [6.07, 6.45) is 3.66. The third-order valence-corrected chi connectivity index (χ3v) is 3.82. The van der Waals surface area contributed by atoms with Gasteiger partial charge in [0.1, 0.15) is 5.69 Å². The van der Waals surface area contributed by atoms with E-state index in [-0.39, 0.29) is 5.78 Å². The summed E-state index contributed by atoms with van der Waals surface area (Å²) in [5.74, 6) is 0.0599. The minimum atomic E-state index is 0.0599. The number of hydrogen-bond donors (Lipinski definition) is 0. The maximum atomic E-state index is 11.2. The Morgan fingerprint density at radius 1 is 1.73 bits per heavy atom. The second kappa shape index (κ2) is 4.31. The molecule has 0 bridgehead atoms. The van der Waals surface area contributed by atoms with Gasteiger partial charge in [0.05, 0.1) is 0 Å². The molecule has 0 saturated carbocycles. The van der Waals surface area contributed by atoms with Crippen LogP contribution in [0.2, 0.25) is 0 Å². The second-order valence-electron chi connectivity index (χ2n) is 3.97. The summed E-state index contributed by atoms with van der Waals surface area (Å²) in [6.45, 7) is 4.87. The Morgan fingerprint density at radius 2 is 2.53 bits per heavy atom. The van der Waals surface area contributed by atoms with Crippen molar-refractivity contribution in [2.45, 2.75) is 39.2 Å². The fourth-order valence-corrected chi connectivity index (χ4v) is 3.03. The van der Waals surface area contributed by atoms with E-state index in [1.807, 2.05) is 5.38 Å². The molecule has 0 amide bonds. The van der Waals surface area contributed by atoms with Crippen molar-refractivity contribution in [3.05, 3.63) is 11.1 Å². The summed E-state index contributed by atoms with van der Waals surface area (Å²) in [7, 11) is 0. The summed E-state index contributed by atoms with van der Waals surface area (Å²) in [6, 6.07) is 0.621. The number of hydrogen-bond acceptors (Lipinski definition) is 4. The highest BCUT2D eigenvalue weighted by Crippen LogP contribution is 2.29. The molecule has 15 heavy (non-hydrogen) atoms. The lowest BCUT2D eigenvalue weighted by Gasteiger charge is -2.22. The van der Waals surface area contributed by atoms with Gasteiger partial charge in [-0.1, -0.05) is 6.92 Å². The molecule has 1 fully saturated rings. The van der Waals surface area contributed by atoms with Crippen molar-refractivity contribution in [2.75, 3.05) is 11.4 Å². The maximum Gasteiger partial charge on any atom is 0.186 e. The van der Waals surface area contributed by atoms with Crippen LogP contribution in [0.5, 0.6) is 0 Å². The van der Waals surface area contributed by atoms with Crippen molar-refractivity contribution >= 4 is 22.3 Å². The molecule has 0 aliphatic carbocycles. The second-order valence-corrected chi connectivity index (χ2v) is 4.81. The lowest BCUT2D eigenvalue weighted by molar-refractivity contribution is 0.101. The molecule has 1 atom stereocenters. The zero-order valence-corrected chi connectivity index (χ0v) is 10.0. The molecule has 0 aromatic carbocycles. The quantitative estimate of drug-likeness (QED) is 0.740. The van der Waals surface area contributed by atoms with Crippen LogP contribution in [0, 0.1) is 0 Å². The van der Waals surface area contributed by atoms with Crippen molar-refractivity contribution < 1.29 is 4.79 Å². The predicted molar refractivity (Wildman–Crippen MR) is 62.8 cm³/mol. The van der Waals surface area contributed by atoms with Gasteiger partial charge in [-0.25, -0.2) is 4.98 Å². The Labute approximate surface area is 94.1 Å². The van der Waals surface area contributed by atoms with Gasteiger partial charge in [0.15, 0.2) is 10.9 Å². The lowest BCUT2D eigenvalue weighted by atomic mass is 10.2. The van der Waals surface area contributed by atoms with Crippen LogP contribution >= 0.6 is 11.3 Å². The third kappa shape index (κ3) is 2.04. The topological polar surface area (TPSA) is 33.2 Å². The van der Waals surface area contributed by atoms with E-state index in [9.17, 15) is 4.79 Å². The van der Waals surface area contributed by atoms with Crippen LogP contribution in [-0.4, -0.2) is 23.4 Å². The van der Waals surface area contributed by atoms with E-state index in [1.165, 1.54) is 12.8 Å². The predicted octanol–water partition coefficient (Wildman–Crippen LogP) is 2.72. The van der Waals surface area contributed by atoms with Crippen LogP contribution in [0.25, 0.3) is 0 Å². The zero-order valence-electron chi connectivity index (χ0n) is 9.19. The minimum Gasteiger partial charge on any atom is -0.345 e. The van der Waals surface area contributed by atoms with Gasteiger partial charge >= 0.3 is 0 Å². The number of rotatable bonds is 3. The molecule has 1 aliphatic heterocycles. The number of aromatic nitrogens is 1. The summed E-state index contributed by atoms with van der Waals surface area (Å²) in [5, 5.41) is 2.88. The molecule has 1 unspecified atom stereocenters. The summed E-state index contributed by atoms with van der Waals surface area (Å²) in [4.78, 5) is 17.9. The van der Waals surface area contributed by atoms with E-state index >= 15 is 0 Å². The first kappa shape index (κ1) is 10.6. The van der Waals surface area contributed by atoms with Crippen LogP contribution in [0.15, 0.2) is 5.38 Å². The zero-order chi connectivity index (χ0) is 10.8. The maximum absolute atomic E-state index is 11.2. The van der Waals surface area contributed by atoms with E-state index in [0.717, 1.165) is 18.1 Å². The first-order valence-electron chi connectivity index (χ1n) is 5.45. The van der Waals surface area contributed by atoms with Gasteiger partial charge in [-0.2, -0.15) is 0 Å². The van der Waals surface area contributed by atoms with Crippen LogP contribution in [0.1, 0.15) is 43.6 Å². The van der Waals surface area contributed by atoms with Gasteiger partial charge in [-0.3, -0.25) is 4.79 Å². The molecule has 4 heteroatoms. The number of carbonyl (C=O) groups excluding carboxylic acids is 1. The van der Waals surface area contributed by atoms with Crippen LogP contribution in [-0.2, 0) is 0 Å². The van der Waals surface area contributed by atoms with E-state index in [1.54, 1.807) is 18.3 Å². The van der Waals surface area contributed by atoms with Gasteiger partial charge in [0.2, 0.25) is 0 Å². The van der Waals surface area contributed by atoms with Crippen LogP contribution in [0.3, 0.4) is 0 Å². The molecule has 1 aliphatic rings. The van der Waals surface area contributed by atoms with Crippen molar-refractivity contribution in [1.29, 1.82) is 0 Å². The number of Topliss-reactive ketones (excluding diaryl/α,β-unsaturated/α-hetero) is 1. The molecular formula is C11H16N2OS. The van der Waals surface area contributed by atoms with Gasteiger partial charge < -0.3 is 4.90 Å². The normalized spacial score (nSPS) is 20.9. The van der Waals surface area contributed by atoms with E-state index < -0.39 is 0 Å². The SMILES string of the molecule is CCC1CCCN1c1nc(C(C)=O)cs1. The first-order valence-corrected chi connectivity index (χ1v) is 6.33. The van der Waals surface area contributed by atoms with E-state index in [4.69, 9.17) is 0 Å². The largest absolute Gasteiger partial charge is 0.345 e. The summed E-state index contributed by atoms with van der Waals surface area (Å²) in [5.41, 5.74) is 0.608. The van der Waals surface area contributed by atoms with Gasteiger partial charge in [0, 0.05) is 24.9 Å². The van der Waals surface area contributed by atoms with Gasteiger partial charge in [0.25, 0.3) is 0 Å². The fourth-order valence-electron chi connectivity index (χ4n) is 2.07. The van der Waals surface area contributed by atoms with E-state index in [2.05, 4.69) is 16.8 Å². The van der Waals surface area contributed by atoms with Crippen molar-refractivity contribution in [3.63, 3.8) is 0 Å². The number of thiazole rings is 1. The van der Waals surface area contributed by atoms with E-state index in [0.29, 0.717) is 11.7 Å². The fraction of sp³-hybridized carbons (Fsp3) is 0.636.